The zero-order chi connectivity index (χ0) is 28.8. The summed E-state index contributed by atoms with van der Waals surface area (Å²) in [7, 11) is -3.91. The predicted octanol–water partition coefficient (Wildman–Crippen LogP) is 4.45. The Kier molecular flexibility index (Phi) is 9.50. The second-order valence-electron chi connectivity index (χ2n) is 10.6. The molecule has 2 amide bonds. The van der Waals surface area contributed by atoms with Gasteiger partial charge < -0.3 is 10.2 Å². The van der Waals surface area contributed by atoms with Crippen molar-refractivity contribution < 1.29 is 22.4 Å². The van der Waals surface area contributed by atoms with Crippen LogP contribution in [0.4, 0.5) is 10.1 Å². The summed E-state index contributed by atoms with van der Waals surface area (Å²) in [5, 5.41) is 2.99. The molecule has 1 N–H and O–H groups in total. The Labute approximate surface area is 230 Å². The van der Waals surface area contributed by atoms with E-state index in [1.54, 1.807) is 0 Å². The molecule has 0 aliphatic rings. The summed E-state index contributed by atoms with van der Waals surface area (Å²) in [6.07, 6.45) is 1.22. The number of carbonyl (C=O) groups excluding carboxylic acids is 2. The Morgan fingerprint density at radius 2 is 1.51 bits per heavy atom. The number of nitrogens with one attached hydrogen (secondary N) is 1. The lowest BCUT2D eigenvalue weighted by Crippen LogP contribution is -2.56. The van der Waals surface area contributed by atoms with Gasteiger partial charge in [0.1, 0.15) is 18.4 Å². The molecule has 0 bridgehead atoms. The van der Waals surface area contributed by atoms with Crippen molar-refractivity contribution in [3.8, 4) is 0 Å². The van der Waals surface area contributed by atoms with Gasteiger partial charge in [-0.2, -0.15) is 0 Å². The molecule has 0 aliphatic heterocycles. The van der Waals surface area contributed by atoms with Crippen LogP contribution in [0.2, 0.25) is 0 Å². The summed E-state index contributed by atoms with van der Waals surface area (Å²) in [4.78, 5) is 29.2. The standard InChI is InChI=1S/C30H36FN3O4S/c1-22-11-9-10-14-24(22)20-33(27(29(36)32-30(2,3)4)19-23-12-7-6-8-13-23)28(35)21-34(39(5,37)38)26-17-15-25(31)16-18-26/h6-18,27H,19-21H2,1-5H3,(H,32,36). The smallest absolute Gasteiger partial charge is 0.244 e. The molecule has 0 aliphatic carbocycles. The lowest BCUT2D eigenvalue weighted by Gasteiger charge is -2.35. The molecule has 0 saturated heterocycles. The van der Waals surface area contributed by atoms with E-state index in [-0.39, 0.29) is 24.6 Å². The number of amides is 2. The first-order valence-corrected chi connectivity index (χ1v) is 14.5. The highest BCUT2D eigenvalue weighted by atomic mass is 32.2. The maximum Gasteiger partial charge on any atom is 0.244 e. The average Bonchev–Trinajstić information content (AvgIpc) is 2.85. The molecule has 208 valence electrons. The molecule has 9 heteroatoms. The Hall–Kier alpha value is -3.72. The zero-order valence-corrected chi connectivity index (χ0v) is 23.8. The minimum Gasteiger partial charge on any atom is -0.350 e. The highest BCUT2D eigenvalue weighted by Crippen LogP contribution is 2.22. The van der Waals surface area contributed by atoms with Crippen LogP contribution in [0.25, 0.3) is 0 Å². The molecule has 7 nitrogen and oxygen atoms in total. The number of halogens is 1. The summed E-state index contributed by atoms with van der Waals surface area (Å²) in [5.74, 6) is -1.43. The fraction of sp³-hybridized carbons (Fsp3) is 0.333. The zero-order valence-electron chi connectivity index (χ0n) is 23.0. The van der Waals surface area contributed by atoms with Gasteiger partial charge in [0, 0.05) is 18.5 Å². The maximum absolute atomic E-state index is 14.0. The van der Waals surface area contributed by atoms with E-state index in [1.807, 2.05) is 82.3 Å². The third kappa shape index (κ3) is 8.64. The number of hydrogen-bond acceptors (Lipinski definition) is 4. The van der Waals surface area contributed by atoms with Crippen LogP contribution in [0.3, 0.4) is 0 Å². The van der Waals surface area contributed by atoms with Crippen molar-refractivity contribution in [1.29, 1.82) is 0 Å². The summed E-state index contributed by atoms with van der Waals surface area (Å²) < 4.78 is 40.0. The predicted molar refractivity (Wildman–Crippen MR) is 152 cm³/mol. The van der Waals surface area contributed by atoms with E-state index in [0.717, 1.165) is 39.4 Å². The quantitative estimate of drug-likeness (QED) is 0.402. The van der Waals surface area contributed by atoms with Gasteiger partial charge in [-0.25, -0.2) is 12.8 Å². The van der Waals surface area contributed by atoms with E-state index in [1.165, 1.54) is 17.0 Å². The molecule has 39 heavy (non-hydrogen) atoms. The minimum atomic E-state index is -3.91. The molecule has 3 aromatic carbocycles. The summed E-state index contributed by atoms with van der Waals surface area (Å²) >= 11 is 0. The maximum atomic E-state index is 14.0. The molecule has 0 fully saturated rings. The van der Waals surface area contributed by atoms with Gasteiger partial charge in [-0.05, 0) is 68.7 Å². The first-order valence-electron chi connectivity index (χ1n) is 12.7. The van der Waals surface area contributed by atoms with Gasteiger partial charge in [-0.1, -0.05) is 54.6 Å². The first kappa shape index (κ1) is 29.8. The van der Waals surface area contributed by atoms with E-state index >= 15 is 0 Å². The SMILES string of the molecule is Cc1ccccc1CN(C(=O)CN(c1ccc(F)cc1)S(C)(=O)=O)C(Cc1ccccc1)C(=O)NC(C)(C)C. The Morgan fingerprint density at radius 1 is 0.923 bits per heavy atom. The van der Waals surface area contributed by atoms with E-state index in [4.69, 9.17) is 0 Å². The van der Waals surface area contributed by atoms with Crippen LogP contribution in [0.1, 0.15) is 37.5 Å². The number of anilines is 1. The van der Waals surface area contributed by atoms with Crippen LogP contribution in [-0.4, -0.2) is 49.5 Å². The number of nitrogens with zero attached hydrogens (tertiary/aromatic N) is 2. The van der Waals surface area contributed by atoms with Crippen molar-refractivity contribution in [2.75, 3.05) is 17.1 Å². The fourth-order valence-corrected chi connectivity index (χ4v) is 5.05. The third-order valence-electron chi connectivity index (χ3n) is 6.17. The van der Waals surface area contributed by atoms with Gasteiger partial charge >= 0.3 is 0 Å². The van der Waals surface area contributed by atoms with Crippen molar-refractivity contribution in [2.24, 2.45) is 0 Å². The Bertz CT molecular complexity index is 1390. The molecule has 0 radical (unpaired) electrons. The van der Waals surface area contributed by atoms with E-state index in [9.17, 15) is 22.4 Å². The third-order valence-corrected chi connectivity index (χ3v) is 7.31. The number of aryl methyl sites for hydroxylation is 1. The van der Waals surface area contributed by atoms with Crippen LogP contribution in [0.5, 0.6) is 0 Å². The molecule has 1 unspecified atom stereocenters. The number of rotatable bonds is 10. The van der Waals surface area contributed by atoms with Crippen molar-refractivity contribution in [2.45, 2.75) is 52.2 Å². The molecule has 0 saturated carbocycles. The summed E-state index contributed by atoms with van der Waals surface area (Å²) in [5.41, 5.74) is 2.22. The topological polar surface area (TPSA) is 86.8 Å². The van der Waals surface area contributed by atoms with Gasteiger partial charge in [0.05, 0.1) is 11.9 Å². The van der Waals surface area contributed by atoms with Crippen molar-refractivity contribution in [1.82, 2.24) is 10.2 Å². The molecule has 3 rings (SSSR count). The van der Waals surface area contributed by atoms with Gasteiger partial charge in [-0.3, -0.25) is 13.9 Å². The second kappa shape index (κ2) is 12.4. The monoisotopic (exact) mass is 553 g/mol. The number of sulfonamides is 1. The highest BCUT2D eigenvalue weighted by molar-refractivity contribution is 7.92. The lowest BCUT2D eigenvalue weighted by atomic mass is 10.00. The molecule has 0 aromatic heterocycles. The molecule has 1 atom stereocenters. The molecular weight excluding hydrogens is 517 g/mol. The molecule has 0 spiro atoms. The van der Waals surface area contributed by atoms with Crippen molar-refractivity contribution >= 4 is 27.5 Å². The van der Waals surface area contributed by atoms with Crippen LogP contribution in [0, 0.1) is 12.7 Å². The molecule has 0 heterocycles. The van der Waals surface area contributed by atoms with E-state index in [2.05, 4.69) is 5.32 Å². The van der Waals surface area contributed by atoms with Gasteiger partial charge in [-0.15, -0.1) is 0 Å². The van der Waals surface area contributed by atoms with E-state index in [0.29, 0.717) is 0 Å². The van der Waals surface area contributed by atoms with Gasteiger partial charge in [0.15, 0.2) is 0 Å². The number of hydrogen-bond donors (Lipinski definition) is 1. The average molecular weight is 554 g/mol. The van der Waals surface area contributed by atoms with E-state index < -0.39 is 39.9 Å². The lowest BCUT2D eigenvalue weighted by molar-refractivity contribution is -0.140. The van der Waals surface area contributed by atoms with Crippen molar-refractivity contribution in [3.05, 3.63) is 101 Å². The molecular formula is C30H36FN3O4S. The first-order chi connectivity index (χ1) is 18.2. The molecule has 3 aromatic rings. The normalized spacial score (nSPS) is 12.5. The minimum absolute atomic E-state index is 0.0988. The van der Waals surface area contributed by atoms with Crippen LogP contribution in [0.15, 0.2) is 78.9 Å². The van der Waals surface area contributed by atoms with Crippen molar-refractivity contribution in [3.63, 3.8) is 0 Å². The Morgan fingerprint density at radius 3 is 2.08 bits per heavy atom. The van der Waals surface area contributed by atoms with Crippen LogP contribution in [-0.2, 0) is 32.6 Å². The highest BCUT2D eigenvalue weighted by Gasteiger charge is 2.34. The fourth-order valence-electron chi connectivity index (χ4n) is 4.20. The Balaban J connectivity index is 2.08. The summed E-state index contributed by atoms with van der Waals surface area (Å²) in [6.45, 7) is 7.04. The van der Waals surface area contributed by atoms with Gasteiger partial charge in [0.25, 0.3) is 0 Å². The second-order valence-corrected chi connectivity index (χ2v) is 12.5. The number of carbonyl (C=O) groups is 2. The van der Waals surface area contributed by atoms with Crippen LogP contribution >= 0.6 is 0 Å². The largest absolute Gasteiger partial charge is 0.350 e. The van der Waals surface area contributed by atoms with Crippen LogP contribution < -0.4 is 9.62 Å². The summed E-state index contributed by atoms with van der Waals surface area (Å²) in [6, 6.07) is 20.9. The van der Waals surface area contributed by atoms with Gasteiger partial charge in [0.2, 0.25) is 21.8 Å². The number of benzene rings is 3.